The minimum absolute atomic E-state index is 0.0424. The number of benzene rings is 2. The normalized spacial score (nSPS) is 17.6. The molecule has 4 rings (SSSR count). The highest BCUT2D eigenvalue weighted by atomic mass is 35.5. The number of halogens is 4. The SMILES string of the molecule is CC(C)(C)CCC(C1CCCNC1)S(=O)(=O)c1ccc(-c2c(Cl)cc(-n3nc(N)nc3N)cc2C(F)(F)F)cc1. The summed E-state index contributed by atoms with van der Waals surface area (Å²) in [6.07, 6.45) is -1.86. The number of piperidine rings is 1. The van der Waals surface area contributed by atoms with Gasteiger partial charge in [-0.25, -0.2) is 8.42 Å². The third-order valence-electron chi connectivity index (χ3n) is 7.18. The number of nitrogens with two attached hydrogens (primary N) is 2. The molecule has 40 heavy (non-hydrogen) atoms. The number of rotatable bonds is 7. The van der Waals surface area contributed by atoms with Crippen LogP contribution in [0.3, 0.4) is 0 Å². The van der Waals surface area contributed by atoms with Gasteiger partial charge in [0.15, 0.2) is 9.84 Å². The average molecular weight is 599 g/mol. The van der Waals surface area contributed by atoms with Crippen molar-refractivity contribution in [1.29, 1.82) is 0 Å². The number of alkyl halides is 3. The summed E-state index contributed by atoms with van der Waals surface area (Å²) in [6.45, 7) is 7.69. The van der Waals surface area contributed by atoms with Crippen LogP contribution in [0.1, 0.15) is 52.0 Å². The molecule has 218 valence electrons. The van der Waals surface area contributed by atoms with E-state index in [1.807, 2.05) is 0 Å². The van der Waals surface area contributed by atoms with Crippen LogP contribution in [0.25, 0.3) is 16.8 Å². The molecule has 1 saturated heterocycles. The molecule has 3 aromatic rings. The minimum Gasteiger partial charge on any atom is -0.368 e. The Labute approximate surface area is 237 Å². The predicted octanol–water partition coefficient (Wildman–Crippen LogP) is 5.74. The fourth-order valence-corrected chi connectivity index (χ4v) is 7.52. The van der Waals surface area contributed by atoms with Crippen molar-refractivity contribution < 1.29 is 21.6 Å². The number of anilines is 2. The quantitative estimate of drug-likeness (QED) is 0.316. The maximum absolute atomic E-state index is 14.2. The van der Waals surface area contributed by atoms with E-state index < -0.39 is 26.8 Å². The molecule has 8 nitrogen and oxygen atoms in total. The third-order valence-corrected chi connectivity index (χ3v) is 9.83. The zero-order valence-electron chi connectivity index (χ0n) is 22.6. The molecule has 2 heterocycles. The van der Waals surface area contributed by atoms with Crippen molar-refractivity contribution in [2.24, 2.45) is 11.3 Å². The van der Waals surface area contributed by atoms with Crippen molar-refractivity contribution in [1.82, 2.24) is 20.1 Å². The molecular weight excluding hydrogens is 565 g/mol. The van der Waals surface area contributed by atoms with Crippen molar-refractivity contribution in [2.75, 3.05) is 24.6 Å². The van der Waals surface area contributed by atoms with Crippen LogP contribution in [0.4, 0.5) is 25.1 Å². The van der Waals surface area contributed by atoms with Gasteiger partial charge in [0, 0.05) is 5.56 Å². The highest BCUT2D eigenvalue weighted by Gasteiger charge is 2.38. The smallest absolute Gasteiger partial charge is 0.368 e. The summed E-state index contributed by atoms with van der Waals surface area (Å²) in [5.74, 6) is -0.441. The molecule has 1 aliphatic heterocycles. The third kappa shape index (κ3) is 6.55. The summed E-state index contributed by atoms with van der Waals surface area (Å²) in [5, 5.41) is 6.32. The van der Waals surface area contributed by atoms with E-state index >= 15 is 0 Å². The molecule has 0 aliphatic carbocycles. The summed E-state index contributed by atoms with van der Waals surface area (Å²) in [5.41, 5.74) is 9.97. The summed E-state index contributed by atoms with van der Waals surface area (Å²) in [6, 6.07) is 7.60. The molecule has 1 fully saturated rings. The Kier molecular flexibility index (Phi) is 8.45. The molecule has 13 heteroatoms. The summed E-state index contributed by atoms with van der Waals surface area (Å²) >= 11 is 6.39. The standard InChI is InChI=1S/C27H34ClF3N6O2S/c1-26(2,3)11-10-22(17-5-4-12-34-15-17)40(38,39)19-8-6-16(7-9-19)23-20(27(29,30)31)13-18(14-21(23)28)37-25(33)35-24(32)36-37/h6-9,13-14,17,22,34H,4-5,10-12,15H2,1-3H3,(H4,32,33,35,36). The molecule has 5 N–H and O–H groups in total. The highest BCUT2D eigenvalue weighted by Crippen LogP contribution is 2.43. The fourth-order valence-electron chi connectivity index (χ4n) is 5.16. The molecule has 2 atom stereocenters. The van der Waals surface area contributed by atoms with E-state index in [4.69, 9.17) is 23.1 Å². The van der Waals surface area contributed by atoms with Crippen LogP contribution in [-0.4, -0.2) is 41.5 Å². The topological polar surface area (TPSA) is 129 Å². The van der Waals surface area contributed by atoms with Gasteiger partial charge in [-0.2, -0.15) is 22.8 Å². The van der Waals surface area contributed by atoms with Gasteiger partial charge in [0.2, 0.25) is 11.9 Å². The maximum Gasteiger partial charge on any atom is 0.417 e. The summed E-state index contributed by atoms with van der Waals surface area (Å²) in [7, 11) is -3.76. The van der Waals surface area contributed by atoms with Crippen LogP contribution in [0.2, 0.25) is 5.02 Å². The lowest BCUT2D eigenvalue weighted by Crippen LogP contribution is -2.41. The van der Waals surface area contributed by atoms with E-state index in [2.05, 4.69) is 36.2 Å². The number of nitrogens with one attached hydrogen (secondary N) is 1. The monoisotopic (exact) mass is 598 g/mol. The van der Waals surface area contributed by atoms with Crippen LogP contribution in [0.15, 0.2) is 41.3 Å². The lowest BCUT2D eigenvalue weighted by Gasteiger charge is -2.32. The van der Waals surface area contributed by atoms with Gasteiger partial charge in [-0.05, 0) is 79.9 Å². The van der Waals surface area contributed by atoms with Gasteiger partial charge in [-0.3, -0.25) is 0 Å². The van der Waals surface area contributed by atoms with E-state index in [9.17, 15) is 21.6 Å². The highest BCUT2D eigenvalue weighted by molar-refractivity contribution is 7.92. The summed E-state index contributed by atoms with van der Waals surface area (Å²) < 4.78 is 71.3. The molecular formula is C27H34ClF3N6O2S. The van der Waals surface area contributed by atoms with E-state index in [1.54, 1.807) is 0 Å². The molecule has 1 aromatic heterocycles. The van der Waals surface area contributed by atoms with Crippen LogP contribution in [0.5, 0.6) is 0 Å². The second-order valence-corrected chi connectivity index (χ2v) is 14.0. The van der Waals surface area contributed by atoms with Gasteiger partial charge in [0.25, 0.3) is 0 Å². The molecule has 1 aliphatic rings. The largest absolute Gasteiger partial charge is 0.417 e. The summed E-state index contributed by atoms with van der Waals surface area (Å²) in [4.78, 5) is 3.80. The molecule has 0 amide bonds. The van der Waals surface area contributed by atoms with Gasteiger partial charge in [0.1, 0.15) is 0 Å². The average Bonchev–Trinajstić information content (AvgIpc) is 3.20. The Morgan fingerprint density at radius 2 is 1.82 bits per heavy atom. The number of nitrogen functional groups attached to an aromatic ring is 2. The molecule has 2 aromatic carbocycles. The van der Waals surface area contributed by atoms with Crippen molar-refractivity contribution in [3.63, 3.8) is 0 Å². The minimum atomic E-state index is -4.79. The number of hydrogen-bond acceptors (Lipinski definition) is 7. The molecule has 0 bridgehead atoms. The first-order valence-electron chi connectivity index (χ1n) is 13.0. The number of aromatic nitrogens is 3. The molecule has 0 spiro atoms. The van der Waals surface area contributed by atoms with Crippen molar-refractivity contribution in [2.45, 2.75) is 62.8 Å². The number of nitrogens with zero attached hydrogens (tertiary/aromatic N) is 3. The van der Waals surface area contributed by atoms with Crippen LogP contribution >= 0.6 is 11.6 Å². The van der Waals surface area contributed by atoms with Gasteiger partial charge < -0.3 is 16.8 Å². The molecule has 0 radical (unpaired) electrons. The second-order valence-electron chi connectivity index (χ2n) is 11.4. The second kappa shape index (κ2) is 11.2. The van der Waals surface area contributed by atoms with Gasteiger partial charge in [-0.15, -0.1) is 5.10 Å². The van der Waals surface area contributed by atoms with E-state index in [0.29, 0.717) is 13.0 Å². The first kappa shape index (κ1) is 30.1. The Morgan fingerprint density at radius 1 is 1.15 bits per heavy atom. The number of sulfone groups is 1. The molecule has 2 unspecified atom stereocenters. The van der Waals surface area contributed by atoms with E-state index in [0.717, 1.165) is 36.6 Å². The molecule has 0 saturated carbocycles. The van der Waals surface area contributed by atoms with Crippen molar-refractivity contribution in [3.8, 4) is 16.8 Å². The van der Waals surface area contributed by atoms with E-state index in [-0.39, 0.29) is 50.0 Å². The van der Waals surface area contributed by atoms with Gasteiger partial charge in [0.05, 0.1) is 26.4 Å². The first-order chi connectivity index (χ1) is 18.6. The van der Waals surface area contributed by atoms with Gasteiger partial charge >= 0.3 is 6.18 Å². The predicted molar refractivity (Wildman–Crippen MR) is 151 cm³/mol. The van der Waals surface area contributed by atoms with Gasteiger partial charge in [-0.1, -0.05) is 44.5 Å². The van der Waals surface area contributed by atoms with Crippen molar-refractivity contribution in [3.05, 3.63) is 47.0 Å². The first-order valence-corrected chi connectivity index (χ1v) is 14.9. The lowest BCUT2D eigenvalue weighted by molar-refractivity contribution is -0.137. The Bertz CT molecular complexity index is 1460. The lowest BCUT2D eigenvalue weighted by atomic mass is 9.86. The van der Waals surface area contributed by atoms with Crippen LogP contribution in [-0.2, 0) is 16.0 Å². The fraction of sp³-hybridized carbons (Fsp3) is 0.481. The Hall–Kier alpha value is -2.83. The van der Waals surface area contributed by atoms with Crippen molar-refractivity contribution >= 4 is 33.3 Å². The van der Waals surface area contributed by atoms with E-state index in [1.165, 1.54) is 30.3 Å². The van der Waals surface area contributed by atoms with Crippen LogP contribution < -0.4 is 16.8 Å². The zero-order valence-corrected chi connectivity index (χ0v) is 24.2. The Morgan fingerprint density at radius 3 is 2.35 bits per heavy atom. The maximum atomic E-state index is 14.2. The number of hydrogen-bond donors (Lipinski definition) is 3. The van der Waals surface area contributed by atoms with Crippen LogP contribution in [0, 0.1) is 11.3 Å². The zero-order chi connectivity index (χ0) is 29.5. The Balaban J connectivity index is 1.73.